The summed E-state index contributed by atoms with van der Waals surface area (Å²) < 4.78 is 7.19. The highest BCUT2D eigenvalue weighted by Crippen LogP contribution is 2.23. The molecule has 0 radical (unpaired) electrons. The third-order valence-electron chi connectivity index (χ3n) is 3.52. The van der Waals surface area contributed by atoms with Crippen LogP contribution >= 0.6 is 0 Å². The lowest BCUT2D eigenvalue weighted by Gasteiger charge is -2.42. The van der Waals surface area contributed by atoms with Crippen molar-refractivity contribution in [2.45, 2.75) is 38.5 Å². The number of carbonyl (C=O) groups excluding carboxylic acids is 1. The Labute approximate surface area is 106 Å². The van der Waals surface area contributed by atoms with E-state index in [2.05, 4.69) is 10.4 Å². The third kappa shape index (κ3) is 2.26. The molecule has 0 spiro atoms. The van der Waals surface area contributed by atoms with E-state index in [9.17, 15) is 4.79 Å². The van der Waals surface area contributed by atoms with Gasteiger partial charge < -0.3 is 15.8 Å². The number of ether oxygens (including phenoxy) is 1. The van der Waals surface area contributed by atoms with Crippen LogP contribution in [0.15, 0.2) is 6.20 Å². The van der Waals surface area contributed by atoms with Crippen molar-refractivity contribution >= 4 is 5.91 Å². The summed E-state index contributed by atoms with van der Waals surface area (Å²) in [4.78, 5) is 12.1. The SMILES string of the molecule is CCOC1CC(N)C1NC(=O)c1cnn(C)c1C. The van der Waals surface area contributed by atoms with Crippen molar-refractivity contribution in [1.29, 1.82) is 0 Å². The molecule has 6 nitrogen and oxygen atoms in total. The molecule has 2 rings (SSSR count). The average Bonchev–Trinajstić information content (AvgIpc) is 2.67. The molecule has 1 aliphatic carbocycles. The molecule has 0 saturated heterocycles. The minimum atomic E-state index is -0.134. The van der Waals surface area contributed by atoms with E-state index in [1.54, 1.807) is 10.9 Å². The number of aryl methyl sites for hydroxylation is 1. The topological polar surface area (TPSA) is 82.2 Å². The molecular weight excluding hydrogens is 232 g/mol. The van der Waals surface area contributed by atoms with E-state index in [0.29, 0.717) is 12.2 Å². The second-order valence-corrected chi connectivity index (χ2v) is 4.66. The molecule has 0 bridgehead atoms. The van der Waals surface area contributed by atoms with Gasteiger partial charge in [0.25, 0.3) is 5.91 Å². The highest BCUT2D eigenvalue weighted by atomic mass is 16.5. The van der Waals surface area contributed by atoms with Crippen LogP contribution in [0.4, 0.5) is 0 Å². The highest BCUT2D eigenvalue weighted by Gasteiger charge is 2.40. The van der Waals surface area contributed by atoms with Gasteiger partial charge in [0.05, 0.1) is 23.9 Å². The summed E-state index contributed by atoms with van der Waals surface area (Å²) in [7, 11) is 1.81. The highest BCUT2D eigenvalue weighted by molar-refractivity contribution is 5.95. The van der Waals surface area contributed by atoms with Gasteiger partial charge in [-0.05, 0) is 20.3 Å². The van der Waals surface area contributed by atoms with Crippen LogP contribution in [0.1, 0.15) is 29.4 Å². The number of rotatable bonds is 4. The zero-order valence-corrected chi connectivity index (χ0v) is 11.0. The number of hydrogen-bond acceptors (Lipinski definition) is 4. The zero-order valence-electron chi connectivity index (χ0n) is 11.0. The minimum Gasteiger partial charge on any atom is -0.376 e. The van der Waals surface area contributed by atoms with Gasteiger partial charge in [0.2, 0.25) is 0 Å². The normalized spacial score (nSPS) is 26.8. The zero-order chi connectivity index (χ0) is 13.3. The molecule has 1 saturated carbocycles. The molecule has 18 heavy (non-hydrogen) atoms. The molecule has 6 heteroatoms. The predicted octanol–water partition coefficient (Wildman–Crippen LogP) is -0.0370. The Morgan fingerprint density at radius 1 is 1.72 bits per heavy atom. The average molecular weight is 252 g/mol. The van der Waals surface area contributed by atoms with Crippen molar-refractivity contribution in [2.75, 3.05) is 6.61 Å². The van der Waals surface area contributed by atoms with Gasteiger partial charge in [-0.15, -0.1) is 0 Å². The lowest BCUT2D eigenvalue weighted by molar-refractivity contribution is -0.0300. The van der Waals surface area contributed by atoms with E-state index >= 15 is 0 Å². The van der Waals surface area contributed by atoms with E-state index in [4.69, 9.17) is 10.5 Å². The van der Waals surface area contributed by atoms with Gasteiger partial charge >= 0.3 is 0 Å². The van der Waals surface area contributed by atoms with E-state index in [0.717, 1.165) is 12.1 Å². The molecule has 3 N–H and O–H groups in total. The first-order valence-corrected chi connectivity index (χ1v) is 6.21. The van der Waals surface area contributed by atoms with Crippen molar-refractivity contribution < 1.29 is 9.53 Å². The van der Waals surface area contributed by atoms with Crippen LogP contribution in [0.2, 0.25) is 0 Å². The molecule has 0 aliphatic heterocycles. The summed E-state index contributed by atoms with van der Waals surface area (Å²) in [6, 6.07) is -0.125. The first-order valence-electron chi connectivity index (χ1n) is 6.21. The Hall–Kier alpha value is -1.40. The molecule has 1 aromatic rings. The Bertz CT molecular complexity index is 441. The summed E-state index contributed by atoms with van der Waals surface area (Å²) in [6.07, 6.45) is 2.40. The number of nitrogens with one attached hydrogen (secondary N) is 1. The Balaban J connectivity index is 2.01. The Morgan fingerprint density at radius 3 is 2.94 bits per heavy atom. The molecule has 1 heterocycles. The molecule has 100 valence electrons. The molecule has 1 amide bonds. The quantitative estimate of drug-likeness (QED) is 0.788. The van der Waals surface area contributed by atoms with Crippen LogP contribution in [-0.4, -0.2) is 40.5 Å². The van der Waals surface area contributed by atoms with Crippen LogP contribution in [0.25, 0.3) is 0 Å². The molecule has 3 unspecified atom stereocenters. The Kier molecular flexibility index (Phi) is 3.68. The van der Waals surface area contributed by atoms with E-state index in [1.807, 2.05) is 20.9 Å². The summed E-state index contributed by atoms with van der Waals surface area (Å²) >= 11 is 0. The van der Waals surface area contributed by atoms with Gasteiger partial charge in [-0.25, -0.2) is 0 Å². The lowest BCUT2D eigenvalue weighted by Crippen LogP contribution is -2.64. The van der Waals surface area contributed by atoms with Crippen LogP contribution in [0.5, 0.6) is 0 Å². The Morgan fingerprint density at radius 2 is 2.44 bits per heavy atom. The van der Waals surface area contributed by atoms with Gasteiger partial charge in [0.15, 0.2) is 0 Å². The number of carbonyl (C=O) groups is 1. The molecular formula is C12H20N4O2. The molecule has 3 atom stereocenters. The van der Waals surface area contributed by atoms with E-state index in [-0.39, 0.29) is 24.1 Å². The monoisotopic (exact) mass is 252 g/mol. The van der Waals surface area contributed by atoms with Crippen molar-refractivity contribution in [1.82, 2.24) is 15.1 Å². The fourth-order valence-corrected chi connectivity index (χ4v) is 2.18. The number of hydrogen-bond donors (Lipinski definition) is 2. The van der Waals surface area contributed by atoms with Crippen LogP contribution < -0.4 is 11.1 Å². The van der Waals surface area contributed by atoms with Gasteiger partial charge in [0, 0.05) is 25.4 Å². The number of nitrogens with two attached hydrogens (primary N) is 1. The number of aromatic nitrogens is 2. The standard InChI is InChI=1S/C12H20N4O2/c1-4-18-10-5-9(13)11(10)15-12(17)8-6-14-16(3)7(8)2/h6,9-11H,4-5,13H2,1-3H3,(H,15,17). The van der Waals surface area contributed by atoms with E-state index in [1.165, 1.54) is 0 Å². The van der Waals surface area contributed by atoms with E-state index < -0.39 is 0 Å². The first kappa shape index (κ1) is 13.0. The smallest absolute Gasteiger partial charge is 0.255 e. The van der Waals surface area contributed by atoms with Crippen LogP contribution in [0, 0.1) is 6.92 Å². The predicted molar refractivity (Wildman–Crippen MR) is 67.2 cm³/mol. The maximum atomic E-state index is 12.1. The maximum Gasteiger partial charge on any atom is 0.255 e. The van der Waals surface area contributed by atoms with Crippen LogP contribution in [0.3, 0.4) is 0 Å². The first-order chi connectivity index (χ1) is 8.54. The van der Waals surface area contributed by atoms with Gasteiger partial charge in [-0.1, -0.05) is 0 Å². The maximum absolute atomic E-state index is 12.1. The lowest BCUT2D eigenvalue weighted by atomic mass is 9.83. The molecule has 1 aliphatic rings. The summed E-state index contributed by atoms with van der Waals surface area (Å²) in [6.45, 7) is 4.44. The largest absolute Gasteiger partial charge is 0.376 e. The second-order valence-electron chi connectivity index (χ2n) is 4.66. The van der Waals surface area contributed by atoms with Crippen molar-refractivity contribution in [3.05, 3.63) is 17.5 Å². The summed E-state index contributed by atoms with van der Waals surface area (Å²) in [5, 5.41) is 6.99. The summed E-state index contributed by atoms with van der Waals surface area (Å²) in [5.41, 5.74) is 7.33. The van der Waals surface area contributed by atoms with Gasteiger partial charge in [-0.3, -0.25) is 9.48 Å². The fraction of sp³-hybridized carbons (Fsp3) is 0.667. The molecule has 1 aromatic heterocycles. The fourth-order valence-electron chi connectivity index (χ4n) is 2.18. The number of amides is 1. The summed E-state index contributed by atoms with van der Waals surface area (Å²) in [5.74, 6) is -0.134. The molecule has 1 fully saturated rings. The number of nitrogens with zero attached hydrogens (tertiary/aromatic N) is 2. The van der Waals surface area contributed by atoms with Gasteiger partial charge in [-0.2, -0.15) is 5.10 Å². The second kappa shape index (κ2) is 5.07. The van der Waals surface area contributed by atoms with Gasteiger partial charge in [0.1, 0.15) is 0 Å². The van der Waals surface area contributed by atoms with Crippen molar-refractivity contribution in [2.24, 2.45) is 12.8 Å². The van der Waals surface area contributed by atoms with Crippen LogP contribution in [-0.2, 0) is 11.8 Å². The third-order valence-corrected chi connectivity index (χ3v) is 3.52. The van der Waals surface area contributed by atoms with Crippen molar-refractivity contribution in [3.8, 4) is 0 Å². The van der Waals surface area contributed by atoms with Crippen molar-refractivity contribution in [3.63, 3.8) is 0 Å². The molecule has 0 aromatic carbocycles. The minimum absolute atomic E-state index is 0.0255.